The van der Waals surface area contributed by atoms with Crippen LogP contribution in [0.1, 0.15) is 5.01 Å². The van der Waals surface area contributed by atoms with Crippen LogP contribution in [0, 0.1) is 23.0 Å². The minimum atomic E-state index is -0.645. The van der Waals surface area contributed by atoms with Gasteiger partial charge in [-0.2, -0.15) is 5.26 Å². The molecule has 80 valence electrons. The van der Waals surface area contributed by atoms with E-state index < -0.39 is 11.6 Å². The van der Waals surface area contributed by atoms with Crippen molar-refractivity contribution in [1.29, 1.82) is 5.26 Å². The Hall–Kier alpha value is -1.80. The second kappa shape index (κ2) is 4.37. The first-order valence-electron chi connectivity index (χ1n) is 4.48. The summed E-state index contributed by atoms with van der Waals surface area (Å²) in [6, 6.07) is 5.61. The van der Waals surface area contributed by atoms with Gasteiger partial charge in [0, 0.05) is 5.38 Å². The summed E-state index contributed by atoms with van der Waals surface area (Å²) in [5, 5.41) is 10.6. The molecule has 2 aromatic rings. The van der Waals surface area contributed by atoms with Crippen molar-refractivity contribution in [3.05, 3.63) is 40.2 Å². The van der Waals surface area contributed by atoms with Gasteiger partial charge >= 0.3 is 0 Å². The number of nitrogens with zero attached hydrogens (tertiary/aromatic N) is 2. The van der Waals surface area contributed by atoms with Crippen molar-refractivity contribution in [2.24, 2.45) is 0 Å². The molecule has 0 aliphatic heterocycles. The molecule has 0 fully saturated rings. The second-order valence-corrected chi connectivity index (χ2v) is 4.00. The number of hydrogen-bond donors (Lipinski definition) is 0. The maximum absolute atomic E-state index is 13.4. The molecule has 0 radical (unpaired) electrons. The van der Waals surface area contributed by atoms with Gasteiger partial charge in [-0.3, -0.25) is 0 Å². The van der Waals surface area contributed by atoms with E-state index in [9.17, 15) is 8.78 Å². The molecule has 0 atom stereocenters. The summed E-state index contributed by atoms with van der Waals surface area (Å²) in [6.45, 7) is 0. The SMILES string of the molecule is N#CCc1nc(-c2c(F)cccc2F)cs1. The molecule has 0 aliphatic carbocycles. The molecule has 0 bridgehead atoms. The third-order valence-electron chi connectivity index (χ3n) is 2.00. The van der Waals surface area contributed by atoms with Crippen molar-refractivity contribution in [2.75, 3.05) is 0 Å². The van der Waals surface area contributed by atoms with Gasteiger partial charge in [-0.25, -0.2) is 13.8 Å². The number of thiazole rings is 1. The smallest absolute Gasteiger partial charge is 0.135 e. The molecular weight excluding hydrogens is 230 g/mol. The highest BCUT2D eigenvalue weighted by molar-refractivity contribution is 7.10. The number of halogens is 2. The summed E-state index contributed by atoms with van der Waals surface area (Å²) < 4.78 is 26.8. The Bertz CT molecular complexity index is 537. The number of hydrogen-bond acceptors (Lipinski definition) is 3. The highest BCUT2D eigenvalue weighted by Gasteiger charge is 2.13. The Morgan fingerprint density at radius 1 is 1.31 bits per heavy atom. The van der Waals surface area contributed by atoms with Crippen LogP contribution in [-0.4, -0.2) is 4.98 Å². The zero-order valence-corrected chi connectivity index (χ0v) is 8.89. The lowest BCUT2D eigenvalue weighted by Gasteiger charge is -2.00. The lowest BCUT2D eigenvalue weighted by molar-refractivity contribution is 0.589. The third-order valence-corrected chi connectivity index (χ3v) is 2.85. The summed E-state index contributed by atoms with van der Waals surface area (Å²) in [5.41, 5.74) is 0.105. The van der Waals surface area contributed by atoms with E-state index in [1.165, 1.54) is 29.5 Å². The molecule has 0 saturated heterocycles. The predicted molar refractivity (Wildman–Crippen MR) is 56.8 cm³/mol. The van der Waals surface area contributed by atoms with Crippen molar-refractivity contribution in [3.63, 3.8) is 0 Å². The first-order chi connectivity index (χ1) is 7.72. The molecule has 2 rings (SSSR count). The summed E-state index contributed by atoms with van der Waals surface area (Å²) in [6.07, 6.45) is 0.154. The normalized spacial score (nSPS) is 10.1. The van der Waals surface area contributed by atoms with Gasteiger partial charge in [0.05, 0.1) is 23.7 Å². The molecule has 0 spiro atoms. The molecule has 1 heterocycles. The van der Waals surface area contributed by atoms with Crippen LogP contribution in [0.5, 0.6) is 0 Å². The van der Waals surface area contributed by atoms with Crippen LogP contribution in [0.15, 0.2) is 23.6 Å². The fourth-order valence-electron chi connectivity index (χ4n) is 1.32. The third kappa shape index (κ3) is 1.92. The van der Waals surface area contributed by atoms with E-state index in [1.807, 2.05) is 6.07 Å². The van der Waals surface area contributed by atoms with Crippen LogP contribution in [0.2, 0.25) is 0 Å². The summed E-state index contributed by atoms with van der Waals surface area (Å²) >= 11 is 1.22. The number of rotatable bonds is 2. The lowest BCUT2D eigenvalue weighted by atomic mass is 10.1. The molecule has 5 heteroatoms. The highest BCUT2D eigenvalue weighted by atomic mass is 32.1. The van der Waals surface area contributed by atoms with Gasteiger partial charge in [0.15, 0.2) is 0 Å². The van der Waals surface area contributed by atoms with E-state index in [1.54, 1.807) is 5.38 Å². The predicted octanol–water partition coefficient (Wildman–Crippen LogP) is 3.15. The van der Waals surface area contributed by atoms with Crippen LogP contribution in [0.3, 0.4) is 0 Å². The first kappa shape index (κ1) is 10.7. The number of aromatic nitrogens is 1. The summed E-state index contributed by atoms with van der Waals surface area (Å²) in [4.78, 5) is 4.01. The fraction of sp³-hybridized carbons (Fsp3) is 0.0909. The second-order valence-electron chi connectivity index (χ2n) is 3.06. The van der Waals surface area contributed by atoms with Crippen molar-refractivity contribution >= 4 is 11.3 Å². The average molecular weight is 236 g/mol. The van der Waals surface area contributed by atoms with E-state index in [0.29, 0.717) is 5.01 Å². The van der Waals surface area contributed by atoms with Crippen LogP contribution in [-0.2, 0) is 6.42 Å². The standard InChI is InChI=1S/C11H6F2N2S/c12-7-2-1-3-8(13)11(7)9-6-16-10(15-9)4-5-14/h1-3,6H,4H2. The van der Waals surface area contributed by atoms with E-state index in [0.717, 1.165) is 0 Å². The monoisotopic (exact) mass is 236 g/mol. The van der Waals surface area contributed by atoms with Gasteiger partial charge < -0.3 is 0 Å². The van der Waals surface area contributed by atoms with E-state index >= 15 is 0 Å². The van der Waals surface area contributed by atoms with Crippen molar-refractivity contribution in [2.45, 2.75) is 6.42 Å². The van der Waals surface area contributed by atoms with Crippen LogP contribution < -0.4 is 0 Å². The van der Waals surface area contributed by atoms with Crippen LogP contribution in [0.25, 0.3) is 11.3 Å². The summed E-state index contributed by atoms with van der Waals surface area (Å²) in [5.74, 6) is -1.29. The Balaban J connectivity index is 2.47. The fourth-order valence-corrected chi connectivity index (χ4v) is 2.03. The van der Waals surface area contributed by atoms with E-state index in [2.05, 4.69) is 4.98 Å². The Kier molecular flexibility index (Phi) is 2.93. The summed E-state index contributed by atoms with van der Waals surface area (Å²) in [7, 11) is 0. The number of nitriles is 1. The molecule has 16 heavy (non-hydrogen) atoms. The van der Waals surface area contributed by atoms with Gasteiger partial charge in [-0.05, 0) is 12.1 Å². The lowest BCUT2D eigenvalue weighted by Crippen LogP contribution is -1.90. The molecule has 0 aliphatic rings. The molecule has 2 nitrogen and oxygen atoms in total. The largest absolute Gasteiger partial charge is 0.240 e. The van der Waals surface area contributed by atoms with Crippen molar-refractivity contribution < 1.29 is 8.78 Å². The Morgan fingerprint density at radius 3 is 2.62 bits per heavy atom. The quantitative estimate of drug-likeness (QED) is 0.803. The van der Waals surface area contributed by atoms with Gasteiger partial charge in [0.25, 0.3) is 0 Å². The Labute approximate surface area is 94.8 Å². The molecule has 0 unspecified atom stereocenters. The molecule has 0 N–H and O–H groups in total. The topological polar surface area (TPSA) is 36.7 Å². The van der Waals surface area contributed by atoms with Crippen molar-refractivity contribution in [1.82, 2.24) is 4.98 Å². The molecule has 0 amide bonds. The Morgan fingerprint density at radius 2 is 2.00 bits per heavy atom. The number of benzene rings is 1. The average Bonchev–Trinajstić information content (AvgIpc) is 2.67. The zero-order valence-electron chi connectivity index (χ0n) is 8.08. The van der Waals surface area contributed by atoms with Gasteiger partial charge in [-0.15, -0.1) is 11.3 Å². The first-order valence-corrected chi connectivity index (χ1v) is 5.36. The molecular formula is C11H6F2N2S. The van der Waals surface area contributed by atoms with Crippen LogP contribution >= 0.6 is 11.3 Å². The maximum atomic E-state index is 13.4. The molecule has 1 aromatic carbocycles. The van der Waals surface area contributed by atoms with Gasteiger partial charge in [0.1, 0.15) is 16.6 Å². The maximum Gasteiger partial charge on any atom is 0.135 e. The van der Waals surface area contributed by atoms with E-state index in [-0.39, 0.29) is 17.7 Å². The minimum Gasteiger partial charge on any atom is -0.240 e. The van der Waals surface area contributed by atoms with Gasteiger partial charge in [-0.1, -0.05) is 6.07 Å². The van der Waals surface area contributed by atoms with Crippen LogP contribution in [0.4, 0.5) is 8.78 Å². The molecule has 0 saturated carbocycles. The highest BCUT2D eigenvalue weighted by Crippen LogP contribution is 2.27. The van der Waals surface area contributed by atoms with Crippen molar-refractivity contribution in [3.8, 4) is 17.3 Å². The minimum absolute atomic E-state index is 0.136. The van der Waals surface area contributed by atoms with Gasteiger partial charge in [0.2, 0.25) is 0 Å². The zero-order chi connectivity index (χ0) is 11.5. The molecule has 1 aromatic heterocycles. The van der Waals surface area contributed by atoms with E-state index in [4.69, 9.17) is 5.26 Å².